The molecule has 0 aliphatic rings. The molecule has 0 fully saturated rings. The maximum absolute atomic E-state index is 12.0. The minimum Gasteiger partial charge on any atom is -0.468 e. The van der Waals surface area contributed by atoms with E-state index in [0.717, 1.165) is 22.8 Å². The number of rotatable bonds is 7. The summed E-state index contributed by atoms with van der Waals surface area (Å²) in [7, 11) is 3.92. The molecule has 2 aromatic rings. The summed E-state index contributed by atoms with van der Waals surface area (Å²) in [5.74, 6) is 1.64. The van der Waals surface area contributed by atoms with Crippen molar-refractivity contribution in [3.63, 3.8) is 0 Å². The summed E-state index contributed by atoms with van der Waals surface area (Å²) < 4.78 is 10.5. The zero-order chi connectivity index (χ0) is 16.1. The van der Waals surface area contributed by atoms with Crippen molar-refractivity contribution >= 4 is 5.91 Å². The van der Waals surface area contributed by atoms with Gasteiger partial charge in [0, 0.05) is 18.5 Å². The lowest BCUT2D eigenvalue weighted by Crippen LogP contribution is -2.34. The number of nitrogens with zero attached hydrogens (tertiary/aromatic N) is 2. The number of aromatic nitrogens is 1. The first kappa shape index (κ1) is 16.3. The first-order chi connectivity index (χ1) is 10.5. The van der Waals surface area contributed by atoms with Gasteiger partial charge < -0.3 is 14.3 Å². The number of nitrogens with one attached hydrogen (secondary N) is 1. The van der Waals surface area contributed by atoms with Crippen LogP contribution in [0.25, 0.3) is 0 Å². The monoisotopic (exact) mass is 305 g/mol. The molecule has 0 aliphatic heterocycles. The third-order valence-electron chi connectivity index (χ3n) is 3.77. The van der Waals surface area contributed by atoms with Gasteiger partial charge >= 0.3 is 0 Å². The molecule has 0 saturated carbocycles. The van der Waals surface area contributed by atoms with Crippen LogP contribution < -0.4 is 5.32 Å². The normalized spacial score (nSPS) is 12.6. The lowest BCUT2D eigenvalue weighted by Gasteiger charge is -2.22. The highest BCUT2D eigenvalue weighted by atomic mass is 16.5. The van der Waals surface area contributed by atoms with Gasteiger partial charge in [0.1, 0.15) is 11.5 Å². The van der Waals surface area contributed by atoms with Crippen molar-refractivity contribution in [1.82, 2.24) is 15.4 Å². The molecule has 2 rings (SSSR count). The molecule has 1 atom stereocenters. The maximum Gasteiger partial charge on any atom is 0.220 e. The Morgan fingerprint density at radius 1 is 1.41 bits per heavy atom. The molecule has 22 heavy (non-hydrogen) atoms. The third kappa shape index (κ3) is 3.98. The van der Waals surface area contributed by atoms with Crippen molar-refractivity contribution in [3.8, 4) is 0 Å². The Morgan fingerprint density at radius 3 is 2.73 bits per heavy atom. The highest BCUT2D eigenvalue weighted by Gasteiger charge is 2.18. The highest BCUT2D eigenvalue weighted by molar-refractivity contribution is 5.76. The van der Waals surface area contributed by atoms with E-state index in [1.807, 2.05) is 45.0 Å². The number of likely N-dealkylation sites (N-methyl/N-ethyl adjacent to an activating group) is 1. The van der Waals surface area contributed by atoms with E-state index < -0.39 is 0 Å². The SMILES string of the molecule is Cc1noc(C)c1CCC(=O)NCC(c1ccco1)N(C)C. The molecular formula is C16H23N3O3. The molecular weight excluding hydrogens is 282 g/mol. The Hall–Kier alpha value is -2.08. The second kappa shape index (κ2) is 7.26. The average Bonchev–Trinajstić information content (AvgIpc) is 3.08. The summed E-state index contributed by atoms with van der Waals surface area (Å²) in [5, 5.41) is 6.86. The molecule has 0 bridgehead atoms. The van der Waals surface area contributed by atoms with Gasteiger partial charge in [-0.15, -0.1) is 0 Å². The Balaban J connectivity index is 1.84. The van der Waals surface area contributed by atoms with E-state index in [4.69, 9.17) is 8.94 Å². The van der Waals surface area contributed by atoms with E-state index in [9.17, 15) is 4.79 Å². The molecule has 0 radical (unpaired) electrons. The first-order valence-corrected chi connectivity index (χ1v) is 7.37. The standard InChI is InChI=1S/C16H23N3O3/c1-11-13(12(2)22-18-11)7-8-16(20)17-10-14(19(3)4)15-6-5-9-21-15/h5-6,9,14H,7-8,10H2,1-4H3,(H,17,20). The maximum atomic E-state index is 12.0. The number of hydrogen-bond acceptors (Lipinski definition) is 5. The number of carbonyl (C=O) groups is 1. The first-order valence-electron chi connectivity index (χ1n) is 7.37. The van der Waals surface area contributed by atoms with E-state index in [1.165, 1.54) is 0 Å². The Morgan fingerprint density at radius 2 is 2.18 bits per heavy atom. The molecule has 2 heterocycles. The van der Waals surface area contributed by atoms with Crippen LogP contribution in [0, 0.1) is 13.8 Å². The van der Waals surface area contributed by atoms with Crippen molar-refractivity contribution in [2.24, 2.45) is 0 Å². The zero-order valence-corrected chi connectivity index (χ0v) is 13.5. The summed E-state index contributed by atoms with van der Waals surface area (Å²) >= 11 is 0. The fourth-order valence-corrected chi connectivity index (χ4v) is 2.41. The van der Waals surface area contributed by atoms with Crippen molar-refractivity contribution in [3.05, 3.63) is 41.2 Å². The van der Waals surface area contributed by atoms with Crippen LogP contribution in [0.3, 0.4) is 0 Å². The summed E-state index contributed by atoms with van der Waals surface area (Å²) in [6.45, 7) is 4.27. The number of furan rings is 1. The second-order valence-corrected chi connectivity index (χ2v) is 5.60. The van der Waals surface area contributed by atoms with E-state index in [1.54, 1.807) is 6.26 Å². The molecule has 6 nitrogen and oxygen atoms in total. The van der Waals surface area contributed by atoms with Crippen LogP contribution >= 0.6 is 0 Å². The van der Waals surface area contributed by atoms with Gasteiger partial charge in [-0.3, -0.25) is 9.69 Å². The molecule has 0 saturated heterocycles. The van der Waals surface area contributed by atoms with Crippen LogP contribution in [-0.4, -0.2) is 36.6 Å². The van der Waals surface area contributed by atoms with Crippen LogP contribution in [0.15, 0.2) is 27.3 Å². The van der Waals surface area contributed by atoms with Gasteiger partial charge in [0.05, 0.1) is 18.0 Å². The molecule has 1 amide bonds. The molecule has 1 N–H and O–H groups in total. The lowest BCUT2D eigenvalue weighted by molar-refractivity contribution is -0.121. The molecule has 2 aromatic heterocycles. The summed E-state index contributed by atoms with van der Waals surface area (Å²) in [6, 6.07) is 3.80. The van der Waals surface area contributed by atoms with Crippen LogP contribution in [0.5, 0.6) is 0 Å². The van der Waals surface area contributed by atoms with Gasteiger partial charge in [0.2, 0.25) is 5.91 Å². The van der Waals surface area contributed by atoms with Crippen molar-refractivity contribution in [2.75, 3.05) is 20.6 Å². The van der Waals surface area contributed by atoms with E-state index >= 15 is 0 Å². The Bertz CT molecular complexity index is 583. The minimum atomic E-state index is 0.0124. The minimum absolute atomic E-state index is 0.0124. The quantitative estimate of drug-likeness (QED) is 0.849. The smallest absolute Gasteiger partial charge is 0.220 e. The highest BCUT2D eigenvalue weighted by Crippen LogP contribution is 2.18. The van der Waals surface area contributed by atoms with E-state index in [-0.39, 0.29) is 11.9 Å². The van der Waals surface area contributed by atoms with Crippen molar-refractivity contribution in [1.29, 1.82) is 0 Å². The number of hydrogen-bond donors (Lipinski definition) is 1. The molecule has 6 heteroatoms. The molecule has 1 unspecified atom stereocenters. The Kier molecular flexibility index (Phi) is 5.38. The van der Waals surface area contributed by atoms with Crippen molar-refractivity contribution < 1.29 is 13.7 Å². The lowest BCUT2D eigenvalue weighted by atomic mass is 10.1. The van der Waals surface area contributed by atoms with Gasteiger partial charge in [-0.1, -0.05) is 5.16 Å². The fraction of sp³-hybridized carbons (Fsp3) is 0.500. The fourth-order valence-electron chi connectivity index (χ4n) is 2.41. The van der Waals surface area contributed by atoms with Crippen LogP contribution in [0.2, 0.25) is 0 Å². The average molecular weight is 305 g/mol. The van der Waals surface area contributed by atoms with E-state index in [2.05, 4.69) is 10.5 Å². The summed E-state index contributed by atoms with van der Waals surface area (Å²) in [5.41, 5.74) is 1.87. The molecule has 0 aromatic carbocycles. The molecule has 0 spiro atoms. The van der Waals surface area contributed by atoms with Gasteiger partial charge in [0.15, 0.2) is 0 Å². The van der Waals surface area contributed by atoms with Gasteiger partial charge in [0.25, 0.3) is 0 Å². The van der Waals surface area contributed by atoms with Crippen LogP contribution in [0.1, 0.15) is 35.2 Å². The summed E-state index contributed by atoms with van der Waals surface area (Å²) in [6.07, 6.45) is 2.70. The predicted octanol–water partition coefficient (Wildman–Crippen LogP) is 2.24. The molecule has 0 aliphatic carbocycles. The largest absolute Gasteiger partial charge is 0.468 e. The van der Waals surface area contributed by atoms with Crippen LogP contribution in [0.4, 0.5) is 0 Å². The van der Waals surface area contributed by atoms with Gasteiger partial charge in [-0.25, -0.2) is 0 Å². The third-order valence-corrected chi connectivity index (χ3v) is 3.77. The predicted molar refractivity (Wildman–Crippen MR) is 82.4 cm³/mol. The summed E-state index contributed by atoms with van der Waals surface area (Å²) in [4.78, 5) is 14.1. The van der Waals surface area contributed by atoms with Crippen LogP contribution in [-0.2, 0) is 11.2 Å². The van der Waals surface area contributed by atoms with E-state index in [0.29, 0.717) is 19.4 Å². The van der Waals surface area contributed by atoms with Gasteiger partial charge in [-0.05, 0) is 46.5 Å². The topological polar surface area (TPSA) is 71.5 Å². The molecule has 120 valence electrons. The van der Waals surface area contributed by atoms with Gasteiger partial charge in [-0.2, -0.15) is 0 Å². The zero-order valence-electron chi connectivity index (χ0n) is 13.5. The number of carbonyl (C=O) groups excluding carboxylic acids is 1. The Labute approximate surface area is 130 Å². The number of aryl methyl sites for hydroxylation is 2. The number of amides is 1. The van der Waals surface area contributed by atoms with Crippen molar-refractivity contribution in [2.45, 2.75) is 32.7 Å². The second-order valence-electron chi connectivity index (χ2n) is 5.60.